The zero-order chi connectivity index (χ0) is 10.7. The predicted octanol–water partition coefficient (Wildman–Crippen LogP) is 3.57. The molecule has 0 radical (unpaired) electrons. The van der Waals surface area contributed by atoms with E-state index in [1.807, 2.05) is 0 Å². The second-order valence-corrected chi connectivity index (χ2v) is 5.16. The van der Waals surface area contributed by atoms with E-state index in [9.17, 15) is 0 Å². The number of halogens is 1. The molecule has 1 aromatic heterocycles. The molecular formula is C10H16ClN3S. The molecule has 2 rings (SSSR count). The van der Waals surface area contributed by atoms with Crippen LogP contribution in [0.3, 0.4) is 0 Å². The van der Waals surface area contributed by atoms with Gasteiger partial charge in [-0.05, 0) is 18.8 Å². The summed E-state index contributed by atoms with van der Waals surface area (Å²) in [5.41, 5.74) is 0. The van der Waals surface area contributed by atoms with Gasteiger partial charge in [-0.2, -0.15) is 8.75 Å². The maximum absolute atomic E-state index is 5.92. The van der Waals surface area contributed by atoms with Crippen molar-refractivity contribution in [2.45, 2.75) is 45.1 Å². The van der Waals surface area contributed by atoms with Gasteiger partial charge in [-0.3, -0.25) is 0 Å². The third kappa shape index (κ3) is 2.82. The SMILES string of the molecule is CC1CCCCCC1Nc1nsnc1Cl. The second kappa shape index (κ2) is 5.12. The number of aromatic nitrogens is 2. The number of anilines is 1. The lowest BCUT2D eigenvalue weighted by Gasteiger charge is -2.22. The van der Waals surface area contributed by atoms with Crippen LogP contribution < -0.4 is 5.32 Å². The molecule has 1 aliphatic rings. The molecule has 5 heteroatoms. The first-order chi connectivity index (χ1) is 7.27. The van der Waals surface area contributed by atoms with E-state index in [2.05, 4.69) is 21.0 Å². The van der Waals surface area contributed by atoms with Gasteiger partial charge >= 0.3 is 0 Å². The maximum Gasteiger partial charge on any atom is 0.186 e. The average molecular weight is 246 g/mol. The van der Waals surface area contributed by atoms with E-state index in [1.54, 1.807) is 0 Å². The quantitative estimate of drug-likeness (QED) is 0.810. The van der Waals surface area contributed by atoms with Crippen molar-refractivity contribution in [2.24, 2.45) is 5.92 Å². The van der Waals surface area contributed by atoms with Gasteiger partial charge in [0.1, 0.15) is 0 Å². The third-order valence-electron chi connectivity index (χ3n) is 3.13. The molecule has 84 valence electrons. The van der Waals surface area contributed by atoms with Crippen LogP contribution in [0.5, 0.6) is 0 Å². The summed E-state index contributed by atoms with van der Waals surface area (Å²) in [6.07, 6.45) is 6.52. The van der Waals surface area contributed by atoms with Crippen LogP contribution >= 0.6 is 23.3 Å². The molecule has 1 fully saturated rings. The lowest BCUT2D eigenvalue weighted by molar-refractivity contribution is 0.456. The van der Waals surface area contributed by atoms with Crippen LogP contribution in [0.4, 0.5) is 5.82 Å². The molecule has 0 amide bonds. The lowest BCUT2D eigenvalue weighted by atomic mass is 9.97. The highest BCUT2D eigenvalue weighted by atomic mass is 35.5. The van der Waals surface area contributed by atoms with Gasteiger partial charge in [0.05, 0.1) is 11.7 Å². The molecule has 0 aromatic carbocycles. The molecule has 0 bridgehead atoms. The molecule has 3 nitrogen and oxygen atoms in total. The van der Waals surface area contributed by atoms with E-state index in [0.717, 1.165) is 5.82 Å². The Hall–Kier alpha value is -0.350. The fourth-order valence-corrected chi connectivity index (χ4v) is 2.81. The van der Waals surface area contributed by atoms with E-state index in [4.69, 9.17) is 11.6 Å². The summed E-state index contributed by atoms with van der Waals surface area (Å²) in [6, 6.07) is 0.508. The van der Waals surface area contributed by atoms with Crippen LogP contribution in [-0.4, -0.2) is 14.8 Å². The van der Waals surface area contributed by atoms with Gasteiger partial charge in [0.2, 0.25) is 0 Å². The molecule has 0 saturated heterocycles. The van der Waals surface area contributed by atoms with Crippen molar-refractivity contribution < 1.29 is 0 Å². The largest absolute Gasteiger partial charge is 0.364 e. The molecule has 1 saturated carbocycles. The van der Waals surface area contributed by atoms with Crippen molar-refractivity contribution in [1.82, 2.24) is 8.75 Å². The summed E-state index contributed by atoms with van der Waals surface area (Å²) in [4.78, 5) is 0. The normalized spacial score (nSPS) is 27.3. The van der Waals surface area contributed by atoms with E-state index < -0.39 is 0 Å². The van der Waals surface area contributed by atoms with Gasteiger partial charge in [-0.25, -0.2) is 0 Å². The summed E-state index contributed by atoms with van der Waals surface area (Å²) in [7, 11) is 0. The van der Waals surface area contributed by atoms with Crippen molar-refractivity contribution in [3.63, 3.8) is 0 Å². The van der Waals surface area contributed by atoms with Crippen molar-refractivity contribution >= 4 is 29.1 Å². The second-order valence-electron chi connectivity index (χ2n) is 4.27. The molecule has 1 aromatic rings. The summed E-state index contributed by atoms with van der Waals surface area (Å²) < 4.78 is 8.13. The smallest absolute Gasteiger partial charge is 0.186 e. The van der Waals surface area contributed by atoms with E-state index in [-0.39, 0.29) is 0 Å². The fraction of sp³-hybridized carbons (Fsp3) is 0.800. The van der Waals surface area contributed by atoms with E-state index in [0.29, 0.717) is 17.1 Å². The fourth-order valence-electron chi connectivity index (χ4n) is 2.15. The zero-order valence-electron chi connectivity index (χ0n) is 8.87. The van der Waals surface area contributed by atoms with Gasteiger partial charge in [0, 0.05) is 6.04 Å². The Morgan fingerprint density at radius 1 is 1.27 bits per heavy atom. The number of nitrogens with zero attached hydrogens (tertiary/aromatic N) is 2. The minimum Gasteiger partial charge on any atom is -0.364 e. The number of nitrogens with one attached hydrogen (secondary N) is 1. The third-order valence-corrected chi connectivity index (χ3v) is 4.02. The predicted molar refractivity (Wildman–Crippen MR) is 64.6 cm³/mol. The lowest BCUT2D eigenvalue weighted by Crippen LogP contribution is -2.26. The first-order valence-electron chi connectivity index (χ1n) is 5.52. The van der Waals surface area contributed by atoms with Gasteiger partial charge < -0.3 is 5.32 Å². The molecule has 1 N–H and O–H groups in total. The molecule has 15 heavy (non-hydrogen) atoms. The first-order valence-corrected chi connectivity index (χ1v) is 6.63. The summed E-state index contributed by atoms with van der Waals surface area (Å²) >= 11 is 7.09. The highest BCUT2D eigenvalue weighted by Gasteiger charge is 2.21. The van der Waals surface area contributed by atoms with Gasteiger partial charge in [0.25, 0.3) is 0 Å². The van der Waals surface area contributed by atoms with Gasteiger partial charge in [-0.1, -0.05) is 37.8 Å². The van der Waals surface area contributed by atoms with Crippen molar-refractivity contribution in [3.05, 3.63) is 5.15 Å². The zero-order valence-corrected chi connectivity index (χ0v) is 10.4. The summed E-state index contributed by atoms with van der Waals surface area (Å²) in [5.74, 6) is 1.46. The van der Waals surface area contributed by atoms with Crippen LogP contribution in [0, 0.1) is 5.92 Å². The van der Waals surface area contributed by atoms with Crippen LogP contribution in [0.15, 0.2) is 0 Å². The highest BCUT2D eigenvalue weighted by Crippen LogP contribution is 2.27. The molecule has 2 atom stereocenters. The Bertz CT molecular complexity index is 315. The van der Waals surface area contributed by atoms with Crippen LogP contribution in [-0.2, 0) is 0 Å². The van der Waals surface area contributed by atoms with E-state index >= 15 is 0 Å². The van der Waals surface area contributed by atoms with E-state index in [1.165, 1.54) is 43.8 Å². The Morgan fingerprint density at radius 2 is 2.07 bits per heavy atom. The van der Waals surface area contributed by atoms with Crippen LogP contribution in [0.2, 0.25) is 5.15 Å². The van der Waals surface area contributed by atoms with Crippen molar-refractivity contribution in [1.29, 1.82) is 0 Å². The van der Waals surface area contributed by atoms with Crippen molar-refractivity contribution in [2.75, 3.05) is 5.32 Å². The maximum atomic E-state index is 5.92. The Kier molecular flexibility index (Phi) is 3.81. The van der Waals surface area contributed by atoms with Crippen LogP contribution in [0.1, 0.15) is 39.0 Å². The minimum absolute atomic E-state index is 0.508. The van der Waals surface area contributed by atoms with Crippen molar-refractivity contribution in [3.8, 4) is 0 Å². The highest BCUT2D eigenvalue weighted by molar-refractivity contribution is 6.99. The number of hydrogen-bond acceptors (Lipinski definition) is 4. The molecule has 0 spiro atoms. The molecule has 1 aliphatic carbocycles. The molecule has 0 aliphatic heterocycles. The van der Waals surface area contributed by atoms with Gasteiger partial charge in [0.15, 0.2) is 11.0 Å². The number of rotatable bonds is 2. The summed E-state index contributed by atoms with van der Waals surface area (Å²) in [5, 5.41) is 3.93. The van der Waals surface area contributed by atoms with Gasteiger partial charge in [-0.15, -0.1) is 0 Å². The first kappa shape index (κ1) is 11.1. The Morgan fingerprint density at radius 3 is 2.80 bits per heavy atom. The Labute approximate surface area is 99.6 Å². The Balaban J connectivity index is 2.00. The summed E-state index contributed by atoms with van der Waals surface area (Å²) in [6.45, 7) is 2.30. The standard InChI is InChI=1S/C10H16ClN3S/c1-7-5-3-2-4-6-8(7)12-10-9(11)13-15-14-10/h7-8H,2-6H2,1H3,(H,12,14). The molecule has 2 unspecified atom stereocenters. The average Bonchev–Trinajstić information content (AvgIpc) is 2.50. The topological polar surface area (TPSA) is 37.8 Å². The molecular weight excluding hydrogens is 230 g/mol. The minimum atomic E-state index is 0.508. The molecule has 1 heterocycles. The van der Waals surface area contributed by atoms with Crippen LogP contribution in [0.25, 0.3) is 0 Å². The monoisotopic (exact) mass is 245 g/mol. The number of hydrogen-bond donors (Lipinski definition) is 1.